The smallest absolute Gasteiger partial charge is 0.451 e. The van der Waals surface area contributed by atoms with Gasteiger partial charge in [0.1, 0.15) is 23.2 Å². The summed E-state index contributed by atoms with van der Waals surface area (Å²) in [6.07, 6.45) is 1.04. The van der Waals surface area contributed by atoms with Crippen LogP contribution in [0.3, 0.4) is 0 Å². The molecule has 1 heterocycles. The molecule has 0 bridgehead atoms. The molecule has 0 unspecified atom stereocenters. The van der Waals surface area contributed by atoms with Crippen LogP contribution in [0, 0.1) is 5.92 Å². The summed E-state index contributed by atoms with van der Waals surface area (Å²) in [6.45, 7) is 0.646. The van der Waals surface area contributed by atoms with Crippen LogP contribution in [0.1, 0.15) is 35.2 Å². The summed E-state index contributed by atoms with van der Waals surface area (Å²) in [7, 11) is -1.55. The molecule has 2 aliphatic rings. The fourth-order valence-electron chi connectivity index (χ4n) is 3.72. The van der Waals surface area contributed by atoms with Crippen molar-refractivity contribution in [3.05, 3.63) is 23.3 Å². The molecule has 0 aromatic heterocycles. The summed E-state index contributed by atoms with van der Waals surface area (Å²) >= 11 is 0. The lowest BCUT2D eigenvalue weighted by Crippen LogP contribution is -2.57. The number of likely N-dealkylation sites (tertiary alicyclic amines) is 1. The number of aryl methyl sites for hydroxylation is 1. The SMILES string of the molecule is O=C(O)c1c(OC2CN(C(=O)[C@H]3CC[C@@H](O)C3)C2)ccc(CCB(O)O)c1O. The maximum Gasteiger partial charge on any atom is 0.451 e. The third-order valence-corrected chi connectivity index (χ3v) is 5.32. The Bertz CT molecular complexity index is 749. The first-order chi connectivity index (χ1) is 13.3. The number of nitrogens with zero attached hydrogens (tertiary/aromatic N) is 1. The molecule has 1 amide bonds. The largest absolute Gasteiger partial charge is 0.507 e. The highest BCUT2D eigenvalue weighted by atomic mass is 16.5. The Hall–Kier alpha value is -2.30. The number of carbonyl (C=O) groups is 2. The highest BCUT2D eigenvalue weighted by molar-refractivity contribution is 6.41. The lowest BCUT2D eigenvalue weighted by molar-refractivity contribution is -0.144. The van der Waals surface area contributed by atoms with Gasteiger partial charge in [0.25, 0.3) is 0 Å². The molecule has 1 aliphatic carbocycles. The monoisotopic (exact) mass is 393 g/mol. The highest BCUT2D eigenvalue weighted by Crippen LogP contribution is 2.34. The van der Waals surface area contributed by atoms with Crippen LogP contribution in [0.2, 0.25) is 6.32 Å². The van der Waals surface area contributed by atoms with Crippen LogP contribution in [0.4, 0.5) is 0 Å². The topological polar surface area (TPSA) is 148 Å². The van der Waals surface area contributed by atoms with Crippen LogP contribution < -0.4 is 4.74 Å². The van der Waals surface area contributed by atoms with Crippen LogP contribution in [0.25, 0.3) is 0 Å². The van der Waals surface area contributed by atoms with E-state index in [0.29, 0.717) is 32.4 Å². The van der Waals surface area contributed by atoms with E-state index >= 15 is 0 Å². The van der Waals surface area contributed by atoms with E-state index in [4.69, 9.17) is 14.8 Å². The zero-order chi connectivity index (χ0) is 20.4. The number of carbonyl (C=O) groups excluding carboxylic acids is 1. The van der Waals surface area contributed by atoms with Gasteiger partial charge in [-0.05, 0) is 43.6 Å². The quantitative estimate of drug-likeness (QED) is 0.402. The first-order valence-electron chi connectivity index (χ1n) is 9.34. The fraction of sp³-hybridized carbons (Fsp3) is 0.556. The molecule has 1 aromatic rings. The van der Waals surface area contributed by atoms with Gasteiger partial charge in [-0.15, -0.1) is 0 Å². The number of hydrogen-bond donors (Lipinski definition) is 5. The molecule has 1 aliphatic heterocycles. The van der Waals surface area contributed by atoms with Gasteiger partial charge in [0.05, 0.1) is 19.2 Å². The summed E-state index contributed by atoms with van der Waals surface area (Å²) < 4.78 is 5.69. The number of rotatable bonds is 7. The van der Waals surface area contributed by atoms with Crippen molar-refractivity contribution < 1.29 is 39.7 Å². The van der Waals surface area contributed by atoms with Crippen LogP contribution in [0.15, 0.2) is 12.1 Å². The van der Waals surface area contributed by atoms with Gasteiger partial charge >= 0.3 is 13.1 Å². The van der Waals surface area contributed by atoms with Crippen LogP contribution in [-0.4, -0.2) is 74.6 Å². The molecule has 2 atom stereocenters. The number of benzene rings is 1. The second-order valence-electron chi connectivity index (χ2n) is 7.42. The van der Waals surface area contributed by atoms with Gasteiger partial charge in [-0.2, -0.15) is 0 Å². The molecule has 0 radical (unpaired) electrons. The average molecular weight is 393 g/mol. The summed E-state index contributed by atoms with van der Waals surface area (Å²) in [5.41, 5.74) is -0.100. The van der Waals surface area contributed by atoms with Gasteiger partial charge in [0.15, 0.2) is 0 Å². The lowest BCUT2D eigenvalue weighted by atomic mass is 9.82. The minimum absolute atomic E-state index is 0.00619. The Balaban J connectivity index is 1.62. The molecule has 1 saturated heterocycles. The van der Waals surface area contributed by atoms with E-state index in [2.05, 4.69) is 0 Å². The maximum atomic E-state index is 12.4. The third kappa shape index (κ3) is 4.40. The van der Waals surface area contributed by atoms with Crippen LogP contribution in [-0.2, 0) is 11.2 Å². The number of aromatic hydroxyl groups is 1. The minimum Gasteiger partial charge on any atom is -0.507 e. The minimum atomic E-state index is -1.55. The average Bonchev–Trinajstić information content (AvgIpc) is 3.02. The fourth-order valence-corrected chi connectivity index (χ4v) is 3.72. The Kier molecular flexibility index (Phi) is 6.12. The molecule has 152 valence electrons. The van der Waals surface area contributed by atoms with Gasteiger partial charge in [-0.1, -0.05) is 6.07 Å². The van der Waals surface area contributed by atoms with E-state index in [9.17, 15) is 24.9 Å². The second kappa shape index (κ2) is 8.38. The first-order valence-corrected chi connectivity index (χ1v) is 9.34. The molecular weight excluding hydrogens is 369 g/mol. The zero-order valence-electron chi connectivity index (χ0n) is 15.3. The van der Waals surface area contributed by atoms with E-state index in [1.807, 2.05) is 0 Å². The van der Waals surface area contributed by atoms with Gasteiger partial charge in [-0.3, -0.25) is 4.79 Å². The van der Waals surface area contributed by atoms with Crippen molar-refractivity contribution in [3.63, 3.8) is 0 Å². The number of carboxylic acid groups (broad SMARTS) is 1. The molecule has 10 heteroatoms. The number of aromatic carboxylic acids is 1. The number of amides is 1. The van der Waals surface area contributed by atoms with Gasteiger partial charge in [0.2, 0.25) is 5.91 Å². The van der Waals surface area contributed by atoms with Gasteiger partial charge < -0.3 is 35.0 Å². The molecule has 9 nitrogen and oxygen atoms in total. The number of ether oxygens (including phenoxy) is 1. The van der Waals surface area contributed by atoms with Crippen molar-refractivity contribution in [3.8, 4) is 11.5 Å². The van der Waals surface area contributed by atoms with Crippen molar-refractivity contribution in [2.75, 3.05) is 13.1 Å². The first kappa shape index (κ1) is 20.4. The zero-order valence-corrected chi connectivity index (χ0v) is 15.3. The van der Waals surface area contributed by atoms with Crippen LogP contribution in [0.5, 0.6) is 11.5 Å². The standard InChI is InChI=1S/C18H24BNO8/c21-12-3-1-11(7-12)17(23)20-8-13(9-20)28-14-4-2-10(5-6-19(26)27)16(22)15(14)18(24)25/h2,4,11-13,21-22,26-27H,1,3,5-9H2,(H,24,25)/t11-,12+/m0/s1. The predicted molar refractivity (Wildman–Crippen MR) is 98.1 cm³/mol. The number of aliphatic hydroxyl groups excluding tert-OH is 1. The Morgan fingerprint density at radius 3 is 2.50 bits per heavy atom. The van der Waals surface area contributed by atoms with Crippen molar-refractivity contribution in [2.45, 2.75) is 44.2 Å². The van der Waals surface area contributed by atoms with E-state index in [0.717, 1.165) is 0 Å². The van der Waals surface area contributed by atoms with Crippen molar-refractivity contribution >= 4 is 19.0 Å². The summed E-state index contributed by atoms with van der Waals surface area (Å²) in [6, 6.07) is 2.92. The normalized spacial score (nSPS) is 22.0. The van der Waals surface area contributed by atoms with E-state index in [-0.39, 0.29) is 47.5 Å². The van der Waals surface area contributed by atoms with Crippen molar-refractivity contribution in [1.29, 1.82) is 0 Å². The lowest BCUT2D eigenvalue weighted by Gasteiger charge is -2.40. The number of phenols is 1. The third-order valence-electron chi connectivity index (χ3n) is 5.32. The van der Waals surface area contributed by atoms with Crippen molar-refractivity contribution in [2.24, 2.45) is 5.92 Å². The van der Waals surface area contributed by atoms with E-state index in [1.165, 1.54) is 12.1 Å². The molecule has 28 heavy (non-hydrogen) atoms. The highest BCUT2D eigenvalue weighted by Gasteiger charge is 2.39. The summed E-state index contributed by atoms with van der Waals surface area (Å²) in [4.78, 5) is 25.6. The molecule has 1 aromatic carbocycles. The van der Waals surface area contributed by atoms with Crippen molar-refractivity contribution in [1.82, 2.24) is 4.90 Å². The van der Waals surface area contributed by atoms with Gasteiger partial charge in [-0.25, -0.2) is 4.79 Å². The Morgan fingerprint density at radius 2 is 1.93 bits per heavy atom. The molecule has 2 fully saturated rings. The Labute approximate surface area is 162 Å². The Morgan fingerprint density at radius 1 is 1.21 bits per heavy atom. The molecule has 3 rings (SSSR count). The van der Waals surface area contributed by atoms with E-state index in [1.54, 1.807) is 4.90 Å². The van der Waals surface area contributed by atoms with E-state index < -0.39 is 24.9 Å². The number of aliphatic hydroxyl groups is 1. The number of carboxylic acids is 1. The molecule has 5 N–H and O–H groups in total. The van der Waals surface area contributed by atoms with Crippen LogP contribution >= 0.6 is 0 Å². The predicted octanol–water partition coefficient (Wildman–Crippen LogP) is -0.144. The maximum absolute atomic E-state index is 12.4. The second-order valence-corrected chi connectivity index (χ2v) is 7.42. The van der Waals surface area contributed by atoms with Gasteiger partial charge in [0, 0.05) is 5.92 Å². The number of hydrogen-bond acceptors (Lipinski definition) is 7. The summed E-state index contributed by atoms with van der Waals surface area (Å²) in [5, 5.41) is 47.1. The molecule has 0 spiro atoms. The summed E-state index contributed by atoms with van der Waals surface area (Å²) in [5.74, 6) is -2.00. The molecular formula is C18H24BNO8. The molecule has 1 saturated carbocycles.